The number of unbranched alkanes of at least 4 members (excludes halogenated alkanes) is 1. The molecule has 2 atom stereocenters. The van der Waals surface area contributed by atoms with Crippen LogP contribution in [0.15, 0.2) is 0 Å². The molecule has 0 amide bonds. The lowest BCUT2D eigenvalue weighted by Gasteiger charge is -2.22. The van der Waals surface area contributed by atoms with Crippen LogP contribution in [0.5, 0.6) is 0 Å². The molecule has 6 heteroatoms. The van der Waals surface area contributed by atoms with Gasteiger partial charge in [0.1, 0.15) is 6.23 Å². The van der Waals surface area contributed by atoms with Gasteiger partial charge < -0.3 is 25.4 Å². The number of ether oxygens (including phenoxy) is 1. The summed E-state index contributed by atoms with van der Waals surface area (Å²) in [4.78, 5) is 0. The highest BCUT2D eigenvalue weighted by Crippen LogP contribution is 1.97. The average molecular weight is 278 g/mol. The van der Waals surface area contributed by atoms with E-state index in [1.165, 1.54) is 0 Å². The van der Waals surface area contributed by atoms with Crippen molar-refractivity contribution >= 4 is 0 Å². The third-order valence-corrected chi connectivity index (χ3v) is 2.71. The van der Waals surface area contributed by atoms with Crippen LogP contribution in [0.1, 0.15) is 32.6 Å². The summed E-state index contributed by atoms with van der Waals surface area (Å²) in [6, 6.07) is -0.0341. The lowest BCUT2D eigenvalue weighted by molar-refractivity contribution is 0.00164. The number of aliphatic hydroxyl groups is 3. The fourth-order valence-corrected chi connectivity index (χ4v) is 1.61. The molecule has 0 radical (unpaired) electrons. The van der Waals surface area contributed by atoms with Crippen LogP contribution >= 0.6 is 0 Å². The number of aliphatic hydroxyl groups excluding tert-OH is 3. The predicted octanol–water partition coefficient (Wildman–Crippen LogP) is -0.566. The standard InChI is InChI=1S/C13H30N2O4/c1-12(11-18)15-13(5-9-17)19-10-4-7-14-6-2-3-8-16/h12-18H,2-11H2,1H3. The Morgan fingerprint density at radius 1 is 1.00 bits per heavy atom. The van der Waals surface area contributed by atoms with Gasteiger partial charge in [-0.25, -0.2) is 0 Å². The minimum absolute atomic E-state index is 0.0341. The van der Waals surface area contributed by atoms with Gasteiger partial charge in [0.25, 0.3) is 0 Å². The molecular formula is C13H30N2O4. The molecule has 116 valence electrons. The minimum atomic E-state index is -0.207. The molecule has 0 heterocycles. The minimum Gasteiger partial charge on any atom is -0.396 e. The Labute approximate surface area is 116 Å². The number of hydrogen-bond donors (Lipinski definition) is 5. The zero-order chi connectivity index (χ0) is 14.3. The van der Waals surface area contributed by atoms with Crippen LogP contribution in [0, 0.1) is 0 Å². The summed E-state index contributed by atoms with van der Waals surface area (Å²) in [6.45, 7) is 4.65. The lowest BCUT2D eigenvalue weighted by Crippen LogP contribution is -2.41. The molecule has 0 saturated heterocycles. The number of rotatable bonds is 14. The van der Waals surface area contributed by atoms with Crippen LogP contribution in [-0.2, 0) is 4.74 Å². The molecule has 0 aromatic rings. The van der Waals surface area contributed by atoms with Crippen molar-refractivity contribution in [2.45, 2.75) is 44.9 Å². The highest BCUT2D eigenvalue weighted by atomic mass is 16.5. The molecule has 0 bridgehead atoms. The monoisotopic (exact) mass is 278 g/mol. The third-order valence-electron chi connectivity index (χ3n) is 2.71. The quantitative estimate of drug-likeness (QED) is 0.216. The largest absolute Gasteiger partial charge is 0.396 e. The van der Waals surface area contributed by atoms with Crippen molar-refractivity contribution in [1.82, 2.24) is 10.6 Å². The van der Waals surface area contributed by atoms with Gasteiger partial charge in [0.15, 0.2) is 0 Å². The molecule has 5 N–H and O–H groups in total. The van der Waals surface area contributed by atoms with Crippen molar-refractivity contribution in [3.05, 3.63) is 0 Å². The van der Waals surface area contributed by atoms with Crippen molar-refractivity contribution < 1.29 is 20.1 Å². The third kappa shape index (κ3) is 12.5. The van der Waals surface area contributed by atoms with E-state index in [9.17, 15) is 0 Å². The normalized spacial score (nSPS) is 14.5. The molecule has 0 aliphatic carbocycles. The van der Waals surface area contributed by atoms with Crippen LogP contribution < -0.4 is 10.6 Å². The van der Waals surface area contributed by atoms with Crippen LogP contribution in [0.25, 0.3) is 0 Å². The lowest BCUT2D eigenvalue weighted by atomic mass is 10.3. The Hall–Kier alpha value is -0.240. The van der Waals surface area contributed by atoms with E-state index in [-0.39, 0.29) is 32.1 Å². The Kier molecular flexibility index (Phi) is 14.0. The fourth-order valence-electron chi connectivity index (χ4n) is 1.61. The van der Waals surface area contributed by atoms with Gasteiger partial charge in [0.05, 0.1) is 6.61 Å². The Morgan fingerprint density at radius 2 is 1.74 bits per heavy atom. The summed E-state index contributed by atoms with van der Waals surface area (Å²) in [5, 5.41) is 32.9. The average Bonchev–Trinajstić information content (AvgIpc) is 2.41. The van der Waals surface area contributed by atoms with Crippen molar-refractivity contribution in [2.24, 2.45) is 0 Å². The molecular weight excluding hydrogens is 248 g/mol. The molecule has 0 fully saturated rings. The molecule has 0 aliphatic heterocycles. The first-order chi connectivity index (χ1) is 9.24. The predicted molar refractivity (Wildman–Crippen MR) is 74.9 cm³/mol. The van der Waals surface area contributed by atoms with Gasteiger partial charge in [-0.1, -0.05) is 0 Å². The zero-order valence-corrected chi connectivity index (χ0v) is 12.0. The van der Waals surface area contributed by atoms with Crippen LogP contribution in [0.2, 0.25) is 0 Å². The molecule has 0 aliphatic rings. The topological polar surface area (TPSA) is 94.0 Å². The number of hydrogen-bond acceptors (Lipinski definition) is 6. The van der Waals surface area contributed by atoms with Gasteiger partial charge in [0.2, 0.25) is 0 Å². The summed E-state index contributed by atoms with van der Waals surface area (Å²) >= 11 is 0. The maximum atomic E-state index is 8.96. The van der Waals surface area contributed by atoms with E-state index in [1.807, 2.05) is 6.92 Å². The van der Waals surface area contributed by atoms with Crippen molar-refractivity contribution in [3.8, 4) is 0 Å². The molecule has 0 aromatic carbocycles. The van der Waals surface area contributed by atoms with E-state index in [1.54, 1.807) is 0 Å². The molecule has 0 saturated carbocycles. The summed E-state index contributed by atoms with van der Waals surface area (Å²) < 4.78 is 5.62. The molecule has 0 aromatic heterocycles. The molecule has 0 rings (SSSR count). The van der Waals surface area contributed by atoms with Gasteiger partial charge in [-0.3, -0.25) is 5.32 Å². The van der Waals surface area contributed by atoms with E-state index < -0.39 is 0 Å². The van der Waals surface area contributed by atoms with E-state index in [0.29, 0.717) is 13.0 Å². The first kappa shape index (κ1) is 18.8. The number of nitrogens with one attached hydrogen (secondary N) is 2. The fraction of sp³-hybridized carbons (Fsp3) is 1.00. The van der Waals surface area contributed by atoms with Crippen LogP contribution in [-0.4, -0.2) is 67.1 Å². The highest BCUT2D eigenvalue weighted by molar-refractivity contribution is 4.63. The van der Waals surface area contributed by atoms with E-state index in [4.69, 9.17) is 20.1 Å². The van der Waals surface area contributed by atoms with E-state index in [2.05, 4.69) is 10.6 Å². The summed E-state index contributed by atoms with van der Waals surface area (Å²) in [5.41, 5.74) is 0. The second kappa shape index (κ2) is 14.2. The van der Waals surface area contributed by atoms with Gasteiger partial charge in [0, 0.05) is 32.3 Å². The summed E-state index contributed by atoms with van der Waals surface area (Å²) in [7, 11) is 0. The van der Waals surface area contributed by atoms with Gasteiger partial charge >= 0.3 is 0 Å². The highest BCUT2D eigenvalue weighted by Gasteiger charge is 2.10. The van der Waals surface area contributed by atoms with Crippen LogP contribution in [0.3, 0.4) is 0 Å². The van der Waals surface area contributed by atoms with Gasteiger partial charge in [-0.05, 0) is 39.3 Å². The second-order valence-corrected chi connectivity index (χ2v) is 4.66. The van der Waals surface area contributed by atoms with Crippen molar-refractivity contribution in [1.29, 1.82) is 0 Å². The Morgan fingerprint density at radius 3 is 2.37 bits per heavy atom. The summed E-state index contributed by atoms with van der Waals surface area (Å²) in [6.07, 6.45) is 3.04. The summed E-state index contributed by atoms with van der Waals surface area (Å²) in [5.74, 6) is 0. The maximum Gasteiger partial charge on any atom is 0.110 e. The maximum absolute atomic E-state index is 8.96. The molecule has 19 heavy (non-hydrogen) atoms. The molecule has 2 unspecified atom stereocenters. The second-order valence-electron chi connectivity index (χ2n) is 4.66. The van der Waals surface area contributed by atoms with E-state index >= 15 is 0 Å². The van der Waals surface area contributed by atoms with Gasteiger partial charge in [-0.2, -0.15) is 0 Å². The van der Waals surface area contributed by atoms with Crippen molar-refractivity contribution in [3.63, 3.8) is 0 Å². The molecule has 6 nitrogen and oxygen atoms in total. The van der Waals surface area contributed by atoms with Crippen molar-refractivity contribution in [2.75, 3.05) is 39.5 Å². The Bertz CT molecular complexity index is 184. The van der Waals surface area contributed by atoms with E-state index in [0.717, 1.165) is 32.4 Å². The van der Waals surface area contributed by atoms with Crippen LogP contribution in [0.4, 0.5) is 0 Å². The van der Waals surface area contributed by atoms with Gasteiger partial charge in [-0.15, -0.1) is 0 Å². The SMILES string of the molecule is CC(CO)NC(CCO)OCCCNCCCCO. The molecule has 0 spiro atoms. The Balaban J connectivity index is 3.47. The zero-order valence-electron chi connectivity index (χ0n) is 12.0. The first-order valence-corrected chi connectivity index (χ1v) is 7.15. The smallest absolute Gasteiger partial charge is 0.110 e. The first-order valence-electron chi connectivity index (χ1n) is 7.15.